The summed E-state index contributed by atoms with van der Waals surface area (Å²) in [6.07, 6.45) is 0.291. The van der Waals surface area contributed by atoms with Gasteiger partial charge in [0.25, 0.3) is 5.91 Å². The number of phenolic OH excluding ortho intramolecular Hbond substituents is 1. The zero-order chi connectivity index (χ0) is 15.5. The number of halogens is 2. The highest BCUT2D eigenvalue weighted by molar-refractivity contribution is 14.1. The lowest BCUT2D eigenvalue weighted by molar-refractivity contribution is -0.137. The van der Waals surface area contributed by atoms with Crippen molar-refractivity contribution in [1.29, 1.82) is 0 Å². The molecule has 1 aromatic rings. The van der Waals surface area contributed by atoms with Crippen molar-refractivity contribution in [2.24, 2.45) is 0 Å². The van der Waals surface area contributed by atoms with Crippen LogP contribution in [0.25, 0.3) is 0 Å². The lowest BCUT2D eigenvalue weighted by atomic mass is 9.97. The number of hydrogen-bond acceptors (Lipinski definition) is 3. The summed E-state index contributed by atoms with van der Waals surface area (Å²) >= 11 is 4.03. The van der Waals surface area contributed by atoms with Gasteiger partial charge in [0, 0.05) is 15.5 Å². The maximum atomic E-state index is 12.2. The molecule has 0 saturated heterocycles. The van der Waals surface area contributed by atoms with E-state index in [1.807, 2.05) is 22.6 Å². The first-order chi connectivity index (χ1) is 9.12. The molecule has 0 aromatic heterocycles. The number of benzene rings is 1. The van der Waals surface area contributed by atoms with Gasteiger partial charge in [-0.2, -0.15) is 0 Å². The number of phenols is 1. The van der Waals surface area contributed by atoms with E-state index in [0.717, 1.165) is 3.57 Å². The van der Waals surface area contributed by atoms with E-state index >= 15 is 0 Å². The van der Waals surface area contributed by atoms with Gasteiger partial charge in [-0.1, -0.05) is 0 Å². The minimum atomic E-state index is -0.904. The topological polar surface area (TPSA) is 86.6 Å². The Kier molecular flexibility index (Phi) is 6.05. The van der Waals surface area contributed by atoms with E-state index in [9.17, 15) is 14.7 Å². The molecule has 1 aromatic carbocycles. The molecule has 0 fully saturated rings. The molecular formula is C13H15I2NO4. The Balaban J connectivity index is 2.88. The van der Waals surface area contributed by atoms with Crippen LogP contribution in [0.3, 0.4) is 0 Å². The quantitative estimate of drug-likeness (QED) is 0.540. The molecule has 7 heteroatoms. The van der Waals surface area contributed by atoms with Crippen LogP contribution in [0.5, 0.6) is 5.75 Å². The summed E-state index contributed by atoms with van der Waals surface area (Å²) in [6.45, 7) is 3.51. The van der Waals surface area contributed by atoms with Crippen molar-refractivity contribution >= 4 is 57.1 Å². The molecular weight excluding hydrogens is 488 g/mol. The van der Waals surface area contributed by atoms with Crippen LogP contribution >= 0.6 is 45.2 Å². The minimum Gasteiger partial charge on any atom is -0.506 e. The van der Waals surface area contributed by atoms with Crippen molar-refractivity contribution < 1.29 is 19.8 Å². The SMILES string of the molecule is CC(C)(CCC(=O)O)NC(=O)c1cc(I)cc(I)c1O. The van der Waals surface area contributed by atoms with Gasteiger partial charge in [0.2, 0.25) is 0 Å². The highest BCUT2D eigenvalue weighted by atomic mass is 127. The molecule has 0 bridgehead atoms. The van der Waals surface area contributed by atoms with E-state index in [2.05, 4.69) is 27.9 Å². The Bertz CT molecular complexity index is 543. The second-order valence-corrected chi connectivity index (χ2v) is 7.42. The molecule has 0 atom stereocenters. The van der Waals surface area contributed by atoms with E-state index in [0.29, 0.717) is 9.99 Å². The molecule has 110 valence electrons. The van der Waals surface area contributed by atoms with Crippen LogP contribution in [-0.2, 0) is 4.79 Å². The summed E-state index contributed by atoms with van der Waals surface area (Å²) in [4.78, 5) is 22.8. The number of aliphatic carboxylic acids is 1. The molecule has 0 aliphatic rings. The second kappa shape index (κ2) is 6.92. The van der Waals surface area contributed by atoms with Gasteiger partial charge in [0.1, 0.15) is 5.75 Å². The standard InChI is InChI=1S/C13H15I2NO4/c1-13(2,4-3-10(17)18)16-12(20)8-5-7(14)6-9(15)11(8)19/h5-6,19H,3-4H2,1-2H3,(H,16,20)(H,17,18). The van der Waals surface area contributed by atoms with Crippen LogP contribution in [0.15, 0.2) is 12.1 Å². The number of carboxylic acids is 1. The van der Waals surface area contributed by atoms with Crippen LogP contribution in [0.2, 0.25) is 0 Å². The smallest absolute Gasteiger partial charge is 0.303 e. The fourth-order valence-corrected chi connectivity index (χ4v) is 3.44. The summed E-state index contributed by atoms with van der Waals surface area (Å²) in [5.41, 5.74) is -0.459. The number of amides is 1. The van der Waals surface area contributed by atoms with Crippen molar-refractivity contribution in [3.05, 3.63) is 24.8 Å². The lowest BCUT2D eigenvalue weighted by Crippen LogP contribution is -2.43. The number of nitrogens with one attached hydrogen (secondary N) is 1. The fourth-order valence-electron chi connectivity index (χ4n) is 1.60. The lowest BCUT2D eigenvalue weighted by Gasteiger charge is -2.26. The van der Waals surface area contributed by atoms with Crippen LogP contribution < -0.4 is 5.32 Å². The van der Waals surface area contributed by atoms with Gasteiger partial charge in [0.15, 0.2) is 0 Å². The Morgan fingerprint density at radius 3 is 2.45 bits per heavy atom. The zero-order valence-corrected chi connectivity index (χ0v) is 15.4. The number of carbonyl (C=O) groups is 2. The third-order valence-electron chi connectivity index (χ3n) is 2.69. The van der Waals surface area contributed by atoms with Gasteiger partial charge < -0.3 is 15.5 Å². The Morgan fingerprint density at radius 1 is 1.30 bits per heavy atom. The van der Waals surface area contributed by atoms with Crippen LogP contribution in [-0.4, -0.2) is 27.6 Å². The second-order valence-electron chi connectivity index (χ2n) is 5.02. The first-order valence-electron chi connectivity index (χ1n) is 5.85. The van der Waals surface area contributed by atoms with Gasteiger partial charge in [-0.25, -0.2) is 0 Å². The predicted octanol–water partition coefficient (Wildman–Crippen LogP) is 2.97. The molecule has 0 unspecified atom stereocenters. The molecule has 0 radical (unpaired) electrons. The summed E-state index contributed by atoms with van der Waals surface area (Å²) in [6, 6.07) is 3.36. The first kappa shape index (κ1) is 17.5. The van der Waals surface area contributed by atoms with Crippen molar-refractivity contribution in [3.63, 3.8) is 0 Å². The monoisotopic (exact) mass is 503 g/mol. The summed E-state index contributed by atoms with van der Waals surface area (Å²) < 4.78 is 1.45. The van der Waals surface area contributed by atoms with Gasteiger partial charge >= 0.3 is 5.97 Å². The molecule has 1 amide bonds. The van der Waals surface area contributed by atoms with Crippen molar-refractivity contribution in [2.45, 2.75) is 32.2 Å². The summed E-state index contributed by atoms with van der Waals surface area (Å²) in [5.74, 6) is -1.37. The molecule has 0 aliphatic carbocycles. The van der Waals surface area contributed by atoms with E-state index in [-0.39, 0.29) is 17.7 Å². The molecule has 0 aliphatic heterocycles. The first-order valence-corrected chi connectivity index (χ1v) is 8.00. The van der Waals surface area contributed by atoms with Crippen molar-refractivity contribution in [2.75, 3.05) is 0 Å². The molecule has 5 nitrogen and oxygen atoms in total. The van der Waals surface area contributed by atoms with Gasteiger partial charge in [-0.05, 0) is 77.6 Å². The average Bonchev–Trinajstić information content (AvgIpc) is 2.30. The normalized spacial score (nSPS) is 11.2. The molecule has 20 heavy (non-hydrogen) atoms. The van der Waals surface area contributed by atoms with Gasteiger partial charge in [-0.15, -0.1) is 0 Å². The minimum absolute atomic E-state index is 0.0247. The van der Waals surface area contributed by atoms with Crippen molar-refractivity contribution in [3.8, 4) is 5.75 Å². The summed E-state index contributed by atoms with van der Waals surface area (Å²) in [5, 5.41) is 21.4. The van der Waals surface area contributed by atoms with E-state index in [4.69, 9.17) is 5.11 Å². The van der Waals surface area contributed by atoms with Crippen LogP contribution in [0.4, 0.5) is 0 Å². The largest absolute Gasteiger partial charge is 0.506 e. The van der Waals surface area contributed by atoms with E-state index in [1.54, 1.807) is 26.0 Å². The third kappa shape index (κ3) is 5.08. The van der Waals surface area contributed by atoms with Gasteiger partial charge in [-0.3, -0.25) is 9.59 Å². The summed E-state index contributed by atoms with van der Waals surface area (Å²) in [7, 11) is 0. The number of hydrogen-bond donors (Lipinski definition) is 3. The van der Waals surface area contributed by atoms with E-state index < -0.39 is 17.4 Å². The maximum Gasteiger partial charge on any atom is 0.303 e. The molecule has 0 heterocycles. The molecule has 0 saturated carbocycles. The molecule has 1 rings (SSSR count). The third-order valence-corrected chi connectivity index (χ3v) is 4.13. The Labute approximate surface area is 144 Å². The predicted molar refractivity (Wildman–Crippen MR) is 92.0 cm³/mol. The number of aromatic hydroxyl groups is 1. The molecule has 0 spiro atoms. The average molecular weight is 503 g/mol. The maximum absolute atomic E-state index is 12.2. The van der Waals surface area contributed by atoms with Crippen LogP contribution in [0.1, 0.15) is 37.0 Å². The fraction of sp³-hybridized carbons (Fsp3) is 0.385. The Hall–Kier alpha value is -0.580. The van der Waals surface area contributed by atoms with Gasteiger partial charge in [0.05, 0.1) is 9.13 Å². The Morgan fingerprint density at radius 2 is 1.90 bits per heavy atom. The zero-order valence-electron chi connectivity index (χ0n) is 11.0. The highest BCUT2D eigenvalue weighted by Crippen LogP contribution is 2.27. The van der Waals surface area contributed by atoms with E-state index in [1.165, 1.54) is 0 Å². The highest BCUT2D eigenvalue weighted by Gasteiger charge is 2.24. The number of carbonyl (C=O) groups excluding carboxylic acids is 1. The molecule has 3 N–H and O–H groups in total. The van der Waals surface area contributed by atoms with Crippen molar-refractivity contribution in [1.82, 2.24) is 5.32 Å². The number of carboxylic acid groups (broad SMARTS) is 1. The van der Waals surface area contributed by atoms with Crippen LogP contribution in [0, 0.1) is 7.14 Å². The number of rotatable bonds is 5.